The largest absolute Gasteiger partial charge is 0.492 e. The van der Waals surface area contributed by atoms with E-state index < -0.39 is 0 Å². The number of nitrogens with one attached hydrogen (secondary N) is 1. The van der Waals surface area contributed by atoms with Crippen LogP contribution in [0.3, 0.4) is 0 Å². The highest BCUT2D eigenvalue weighted by molar-refractivity contribution is 5.95. The zero-order valence-corrected chi connectivity index (χ0v) is 14.0. The zero-order valence-electron chi connectivity index (χ0n) is 14.0. The van der Waals surface area contributed by atoms with Crippen molar-refractivity contribution in [3.05, 3.63) is 59.0 Å². The third-order valence-corrected chi connectivity index (χ3v) is 3.74. The smallest absolute Gasteiger partial charge is 0.254 e. The fourth-order valence-electron chi connectivity index (χ4n) is 2.52. The molecule has 0 aliphatic rings. The Hall–Kier alpha value is -2.89. The summed E-state index contributed by atoms with van der Waals surface area (Å²) in [4.78, 5) is 16.6. The van der Waals surface area contributed by atoms with E-state index in [2.05, 4.69) is 15.4 Å². The molecule has 1 N–H and O–H groups in total. The molecule has 0 saturated carbocycles. The number of hydrogen-bond donors (Lipinski definition) is 1. The Morgan fingerprint density at radius 2 is 2.08 bits per heavy atom. The maximum absolute atomic E-state index is 12.3. The summed E-state index contributed by atoms with van der Waals surface area (Å²) >= 11 is 0. The minimum absolute atomic E-state index is 0.178. The molecule has 1 amide bonds. The highest BCUT2D eigenvalue weighted by atomic mass is 16.5. The van der Waals surface area contributed by atoms with Crippen molar-refractivity contribution in [1.29, 1.82) is 0 Å². The molecule has 2 aromatic heterocycles. The van der Waals surface area contributed by atoms with Gasteiger partial charge in [0.25, 0.3) is 5.91 Å². The van der Waals surface area contributed by atoms with Crippen molar-refractivity contribution < 1.29 is 9.53 Å². The van der Waals surface area contributed by atoms with E-state index >= 15 is 0 Å². The molecule has 0 aliphatic carbocycles. The molecule has 2 heterocycles. The SMILES string of the molecule is Cc1cccc(OCCNC(=O)c2cnc3cc(C)nn3c2C)c1. The van der Waals surface area contributed by atoms with Crippen molar-refractivity contribution in [2.45, 2.75) is 20.8 Å². The van der Waals surface area contributed by atoms with Gasteiger partial charge in [0.1, 0.15) is 12.4 Å². The highest BCUT2D eigenvalue weighted by Crippen LogP contribution is 2.12. The van der Waals surface area contributed by atoms with Crippen LogP contribution in [0.25, 0.3) is 5.65 Å². The van der Waals surface area contributed by atoms with Gasteiger partial charge < -0.3 is 10.1 Å². The number of fused-ring (bicyclic) bond motifs is 1. The number of aryl methyl sites for hydroxylation is 3. The Kier molecular flexibility index (Phi) is 4.46. The summed E-state index contributed by atoms with van der Waals surface area (Å²) in [7, 11) is 0. The number of nitrogens with zero attached hydrogens (tertiary/aromatic N) is 3. The number of ether oxygens (including phenoxy) is 1. The molecule has 0 radical (unpaired) electrons. The summed E-state index contributed by atoms with van der Waals surface area (Å²) in [5, 5.41) is 7.20. The topological polar surface area (TPSA) is 68.5 Å². The molecule has 3 aromatic rings. The van der Waals surface area contributed by atoms with Crippen molar-refractivity contribution in [3.8, 4) is 5.75 Å². The summed E-state index contributed by atoms with van der Waals surface area (Å²) in [5.74, 6) is 0.624. The lowest BCUT2D eigenvalue weighted by Gasteiger charge is -2.10. The Morgan fingerprint density at radius 1 is 1.25 bits per heavy atom. The van der Waals surface area contributed by atoms with E-state index in [0.29, 0.717) is 18.7 Å². The molecule has 124 valence electrons. The van der Waals surface area contributed by atoms with E-state index in [0.717, 1.165) is 28.3 Å². The number of aromatic nitrogens is 3. The molecule has 6 nitrogen and oxygen atoms in total. The summed E-state index contributed by atoms with van der Waals surface area (Å²) in [5.41, 5.74) is 4.03. The van der Waals surface area contributed by atoms with Gasteiger partial charge in [-0.25, -0.2) is 9.50 Å². The number of hydrogen-bond acceptors (Lipinski definition) is 4. The van der Waals surface area contributed by atoms with Gasteiger partial charge in [-0.15, -0.1) is 0 Å². The minimum atomic E-state index is -0.178. The van der Waals surface area contributed by atoms with Gasteiger partial charge in [-0.1, -0.05) is 12.1 Å². The van der Waals surface area contributed by atoms with Gasteiger partial charge in [-0.05, 0) is 38.5 Å². The van der Waals surface area contributed by atoms with Crippen LogP contribution in [0.1, 0.15) is 27.3 Å². The van der Waals surface area contributed by atoms with Crippen molar-refractivity contribution in [3.63, 3.8) is 0 Å². The molecule has 0 fully saturated rings. The average Bonchev–Trinajstić information content (AvgIpc) is 2.93. The molecule has 0 spiro atoms. The average molecular weight is 324 g/mol. The zero-order chi connectivity index (χ0) is 17.1. The van der Waals surface area contributed by atoms with Crippen LogP contribution in [0, 0.1) is 20.8 Å². The van der Waals surface area contributed by atoms with E-state index in [1.54, 1.807) is 10.7 Å². The Bertz CT molecular complexity index is 886. The third kappa shape index (κ3) is 3.37. The van der Waals surface area contributed by atoms with Crippen LogP contribution >= 0.6 is 0 Å². The van der Waals surface area contributed by atoms with Gasteiger partial charge in [-0.3, -0.25) is 4.79 Å². The van der Waals surface area contributed by atoms with Crippen LogP contribution in [-0.4, -0.2) is 33.7 Å². The van der Waals surface area contributed by atoms with Crippen LogP contribution in [0.5, 0.6) is 5.75 Å². The first kappa shape index (κ1) is 16.0. The predicted octanol–water partition coefficient (Wildman–Crippen LogP) is 2.46. The lowest BCUT2D eigenvalue weighted by molar-refractivity contribution is 0.0945. The molecule has 6 heteroatoms. The molecule has 3 rings (SSSR count). The van der Waals surface area contributed by atoms with Gasteiger partial charge in [-0.2, -0.15) is 5.10 Å². The number of carbonyl (C=O) groups is 1. The fraction of sp³-hybridized carbons (Fsp3) is 0.278. The Balaban J connectivity index is 1.60. The standard InChI is InChI=1S/C18H20N4O2/c1-12-5-4-6-15(9-12)24-8-7-19-18(23)16-11-20-17-10-13(2)21-22(17)14(16)3/h4-6,9-11H,7-8H2,1-3H3,(H,19,23). The summed E-state index contributed by atoms with van der Waals surface area (Å²) in [6.45, 7) is 6.60. The molecular formula is C18H20N4O2. The quantitative estimate of drug-likeness (QED) is 0.732. The summed E-state index contributed by atoms with van der Waals surface area (Å²) in [6.07, 6.45) is 1.59. The van der Waals surface area contributed by atoms with Crippen LogP contribution in [0.4, 0.5) is 0 Å². The van der Waals surface area contributed by atoms with Crippen molar-refractivity contribution in [2.75, 3.05) is 13.2 Å². The van der Waals surface area contributed by atoms with E-state index in [9.17, 15) is 4.79 Å². The molecule has 24 heavy (non-hydrogen) atoms. The molecule has 0 aliphatic heterocycles. The first-order valence-electron chi connectivity index (χ1n) is 7.84. The summed E-state index contributed by atoms with van der Waals surface area (Å²) < 4.78 is 7.32. The summed E-state index contributed by atoms with van der Waals surface area (Å²) in [6, 6.07) is 9.70. The minimum Gasteiger partial charge on any atom is -0.492 e. The van der Waals surface area contributed by atoms with Gasteiger partial charge >= 0.3 is 0 Å². The van der Waals surface area contributed by atoms with Crippen LogP contribution < -0.4 is 10.1 Å². The van der Waals surface area contributed by atoms with Crippen molar-refractivity contribution in [1.82, 2.24) is 19.9 Å². The Labute approximate surface area is 140 Å². The highest BCUT2D eigenvalue weighted by Gasteiger charge is 2.13. The molecular weight excluding hydrogens is 304 g/mol. The van der Waals surface area contributed by atoms with Crippen molar-refractivity contribution >= 4 is 11.6 Å². The van der Waals surface area contributed by atoms with E-state index in [-0.39, 0.29) is 5.91 Å². The van der Waals surface area contributed by atoms with Gasteiger partial charge in [0.15, 0.2) is 5.65 Å². The van der Waals surface area contributed by atoms with Crippen LogP contribution in [-0.2, 0) is 0 Å². The van der Waals surface area contributed by atoms with E-state index in [1.807, 2.05) is 51.1 Å². The normalized spacial score (nSPS) is 10.8. The second-order valence-corrected chi connectivity index (χ2v) is 5.73. The maximum Gasteiger partial charge on any atom is 0.254 e. The van der Waals surface area contributed by atoms with Crippen LogP contribution in [0.15, 0.2) is 36.5 Å². The number of rotatable bonds is 5. The van der Waals surface area contributed by atoms with Crippen molar-refractivity contribution in [2.24, 2.45) is 0 Å². The monoisotopic (exact) mass is 324 g/mol. The Morgan fingerprint density at radius 3 is 2.88 bits per heavy atom. The van der Waals surface area contributed by atoms with Gasteiger partial charge in [0, 0.05) is 12.3 Å². The third-order valence-electron chi connectivity index (χ3n) is 3.74. The van der Waals surface area contributed by atoms with E-state index in [4.69, 9.17) is 4.74 Å². The number of carbonyl (C=O) groups excluding carboxylic acids is 1. The predicted molar refractivity (Wildman–Crippen MR) is 91.5 cm³/mol. The van der Waals surface area contributed by atoms with Gasteiger partial charge in [0.05, 0.1) is 23.5 Å². The number of benzene rings is 1. The second-order valence-electron chi connectivity index (χ2n) is 5.73. The second kappa shape index (κ2) is 6.70. The molecule has 0 saturated heterocycles. The molecule has 1 aromatic carbocycles. The molecule has 0 atom stereocenters. The lowest BCUT2D eigenvalue weighted by atomic mass is 10.2. The first-order chi connectivity index (χ1) is 11.5. The molecule has 0 bridgehead atoms. The lowest BCUT2D eigenvalue weighted by Crippen LogP contribution is -2.29. The number of amides is 1. The first-order valence-corrected chi connectivity index (χ1v) is 7.84. The van der Waals surface area contributed by atoms with Gasteiger partial charge in [0.2, 0.25) is 0 Å². The molecule has 0 unspecified atom stereocenters. The maximum atomic E-state index is 12.3. The van der Waals surface area contributed by atoms with E-state index in [1.165, 1.54) is 0 Å². The fourth-order valence-corrected chi connectivity index (χ4v) is 2.52. The van der Waals surface area contributed by atoms with Crippen LogP contribution in [0.2, 0.25) is 0 Å².